The minimum absolute atomic E-state index is 0.178. The fourth-order valence-corrected chi connectivity index (χ4v) is 4.13. The number of methoxy groups -OCH3 is 1. The second kappa shape index (κ2) is 7.21. The largest absolute Gasteiger partial charge is 0.493 e. The molecule has 0 atom stereocenters. The van der Waals surface area contributed by atoms with Crippen LogP contribution >= 0.6 is 11.3 Å². The summed E-state index contributed by atoms with van der Waals surface area (Å²) < 4.78 is 12.8. The number of carboxylic acid groups (broad SMARTS) is 1. The van der Waals surface area contributed by atoms with E-state index in [0.29, 0.717) is 20.8 Å². The number of hydrogen-bond acceptors (Lipinski definition) is 6. The lowest BCUT2D eigenvalue weighted by molar-refractivity contribution is -0.139. The highest BCUT2D eigenvalue weighted by Crippen LogP contribution is 2.31. The number of hydrogen-bond donors (Lipinski definition) is 1. The van der Waals surface area contributed by atoms with Crippen LogP contribution in [-0.2, 0) is 4.79 Å². The number of nitrogens with zero attached hydrogens (tertiary/aromatic N) is 2. The van der Waals surface area contributed by atoms with Gasteiger partial charge in [-0.15, -0.1) is 0 Å². The van der Waals surface area contributed by atoms with Gasteiger partial charge in [0.2, 0.25) is 0 Å². The lowest BCUT2D eigenvalue weighted by Crippen LogP contribution is -2.23. The van der Waals surface area contributed by atoms with Crippen molar-refractivity contribution in [1.82, 2.24) is 9.38 Å². The number of ether oxygens (including phenoxy) is 2. The number of thiazole rings is 1. The van der Waals surface area contributed by atoms with E-state index in [2.05, 4.69) is 4.98 Å². The molecule has 0 bridgehead atoms. The number of aromatic nitrogens is 2. The van der Waals surface area contributed by atoms with Gasteiger partial charge < -0.3 is 14.6 Å². The fourth-order valence-electron chi connectivity index (χ4n) is 3.16. The fraction of sp³-hybridized carbons (Fsp3) is 0.190. The van der Waals surface area contributed by atoms with Crippen molar-refractivity contribution in [2.45, 2.75) is 13.8 Å². The molecule has 0 fully saturated rings. The SMILES string of the molecule is COc1cccc(/C=c2\sc3nc4cc(C)c(C)cc4n3c2=O)c1OCC(=O)O. The molecule has 4 rings (SSSR count). The van der Waals surface area contributed by atoms with Gasteiger partial charge in [0.05, 0.1) is 22.7 Å². The van der Waals surface area contributed by atoms with E-state index in [1.807, 2.05) is 26.0 Å². The third kappa shape index (κ3) is 3.31. The molecule has 0 aliphatic rings. The van der Waals surface area contributed by atoms with Crippen LogP contribution in [0.2, 0.25) is 0 Å². The molecule has 1 N–H and O–H groups in total. The van der Waals surface area contributed by atoms with E-state index in [9.17, 15) is 9.59 Å². The summed E-state index contributed by atoms with van der Waals surface area (Å²) in [5.74, 6) is -0.428. The minimum Gasteiger partial charge on any atom is -0.493 e. The molecule has 0 saturated heterocycles. The van der Waals surface area contributed by atoms with Crippen molar-refractivity contribution < 1.29 is 19.4 Å². The molecule has 0 saturated carbocycles. The molecule has 8 heteroatoms. The number of para-hydroxylation sites is 1. The molecule has 0 spiro atoms. The second-order valence-corrected chi connectivity index (χ2v) is 7.64. The predicted octanol–water partition coefficient (Wildman–Crippen LogP) is 2.55. The number of benzene rings is 2. The van der Waals surface area contributed by atoms with Crippen molar-refractivity contribution in [1.29, 1.82) is 0 Å². The summed E-state index contributed by atoms with van der Waals surface area (Å²) in [5.41, 5.74) is 4.16. The normalized spacial score (nSPS) is 12.0. The first-order valence-electron chi connectivity index (χ1n) is 8.84. The Labute approximate surface area is 169 Å². The predicted molar refractivity (Wildman–Crippen MR) is 111 cm³/mol. The van der Waals surface area contributed by atoms with Gasteiger partial charge in [-0.25, -0.2) is 14.2 Å². The maximum absolute atomic E-state index is 13.1. The van der Waals surface area contributed by atoms with Crippen LogP contribution in [0.15, 0.2) is 35.1 Å². The highest BCUT2D eigenvalue weighted by molar-refractivity contribution is 7.15. The van der Waals surface area contributed by atoms with E-state index in [1.165, 1.54) is 18.4 Å². The Morgan fingerprint density at radius 1 is 1.28 bits per heavy atom. The average molecular weight is 410 g/mol. The molecule has 2 aromatic carbocycles. The summed E-state index contributed by atoms with van der Waals surface area (Å²) in [6.45, 7) is 3.50. The van der Waals surface area contributed by atoms with Crippen molar-refractivity contribution in [3.8, 4) is 11.5 Å². The number of carbonyl (C=O) groups is 1. The number of aryl methyl sites for hydroxylation is 2. The molecule has 0 unspecified atom stereocenters. The van der Waals surface area contributed by atoms with Gasteiger partial charge in [0.15, 0.2) is 23.1 Å². The standard InChI is InChI=1S/C21H18N2O5S/c1-11-7-14-15(8-12(11)2)23-20(26)17(29-21(23)22-14)9-13-5-4-6-16(27-3)19(13)28-10-18(24)25/h4-9H,10H2,1-3H3,(H,24,25)/b17-9-. The van der Waals surface area contributed by atoms with Crippen LogP contribution in [0.5, 0.6) is 11.5 Å². The van der Waals surface area contributed by atoms with Crippen LogP contribution in [0.4, 0.5) is 0 Å². The number of rotatable bonds is 5. The molecule has 148 valence electrons. The van der Waals surface area contributed by atoms with E-state index < -0.39 is 12.6 Å². The Hall–Kier alpha value is -3.39. The molecule has 2 aromatic heterocycles. The van der Waals surface area contributed by atoms with Crippen molar-refractivity contribution >= 4 is 39.4 Å². The van der Waals surface area contributed by atoms with E-state index in [1.54, 1.807) is 28.7 Å². The van der Waals surface area contributed by atoms with Crippen LogP contribution in [0, 0.1) is 13.8 Å². The van der Waals surface area contributed by atoms with Gasteiger partial charge in [0, 0.05) is 5.56 Å². The Balaban J connectivity index is 1.91. The van der Waals surface area contributed by atoms with Gasteiger partial charge in [-0.05, 0) is 49.2 Å². The molecule has 7 nitrogen and oxygen atoms in total. The van der Waals surface area contributed by atoms with Crippen LogP contribution in [-0.4, -0.2) is 34.2 Å². The minimum atomic E-state index is -1.10. The number of carboxylic acids is 1. The molecule has 0 aliphatic carbocycles. The second-order valence-electron chi connectivity index (χ2n) is 6.63. The van der Waals surface area contributed by atoms with Crippen molar-refractivity contribution in [2.24, 2.45) is 0 Å². The zero-order valence-electron chi connectivity index (χ0n) is 16.1. The van der Waals surface area contributed by atoms with Crippen LogP contribution in [0.1, 0.15) is 16.7 Å². The quantitative estimate of drug-likeness (QED) is 0.544. The van der Waals surface area contributed by atoms with E-state index in [-0.39, 0.29) is 11.3 Å². The van der Waals surface area contributed by atoms with E-state index in [4.69, 9.17) is 14.6 Å². The monoisotopic (exact) mass is 410 g/mol. The highest BCUT2D eigenvalue weighted by atomic mass is 32.1. The van der Waals surface area contributed by atoms with Crippen molar-refractivity contribution in [3.63, 3.8) is 0 Å². The maximum Gasteiger partial charge on any atom is 0.341 e. The van der Waals surface area contributed by atoms with E-state index >= 15 is 0 Å². The Bertz CT molecular complexity index is 1370. The summed E-state index contributed by atoms with van der Waals surface area (Å²) in [7, 11) is 1.47. The third-order valence-electron chi connectivity index (χ3n) is 4.71. The van der Waals surface area contributed by atoms with Gasteiger partial charge in [-0.2, -0.15) is 0 Å². The average Bonchev–Trinajstić information content (AvgIpc) is 3.17. The first-order chi connectivity index (χ1) is 13.9. The first kappa shape index (κ1) is 18.9. The smallest absolute Gasteiger partial charge is 0.341 e. The van der Waals surface area contributed by atoms with Gasteiger partial charge in [-0.1, -0.05) is 23.5 Å². The number of aliphatic carboxylic acids is 1. The lowest BCUT2D eigenvalue weighted by atomic mass is 10.1. The van der Waals surface area contributed by atoms with Gasteiger partial charge in [-0.3, -0.25) is 4.79 Å². The maximum atomic E-state index is 13.1. The lowest BCUT2D eigenvalue weighted by Gasteiger charge is -2.11. The Morgan fingerprint density at radius 2 is 2.03 bits per heavy atom. The first-order valence-corrected chi connectivity index (χ1v) is 9.66. The zero-order chi connectivity index (χ0) is 20.7. The number of imidazole rings is 1. The number of fused-ring (bicyclic) bond motifs is 3. The summed E-state index contributed by atoms with van der Waals surface area (Å²) >= 11 is 1.27. The van der Waals surface area contributed by atoms with E-state index in [0.717, 1.165) is 22.2 Å². The van der Waals surface area contributed by atoms with Gasteiger partial charge >= 0.3 is 5.97 Å². The molecule has 0 aliphatic heterocycles. The highest BCUT2D eigenvalue weighted by Gasteiger charge is 2.15. The van der Waals surface area contributed by atoms with Crippen LogP contribution < -0.4 is 19.6 Å². The van der Waals surface area contributed by atoms with Gasteiger partial charge in [0.25, 0.3) is 5.56 Å². The molecule has 0 radical (unpaired) electrons. The van der Waals surface area contributed by atoms with Crippen LogP contribution in [0.3, 0.4) is 0 Å². The molecular formula is C21H18N2O5S. The van der Waals surface area contributed by atoms with Gasteiger partial charge in [0.1, 0.15) is 0 Å². The molecule has 4 aromatic rings. The summed E-state index contributed by atoms with van der Waals surface area (Å²) in [6.07, 6.45) is 1.67. The molecule has 0 amide bonds. The van der Waals surface area contributed by atoms with Crippen LogP contribution in [0.25, 0.3) is 22.1 Å². The Kier molecular flexibility index (Phi) is 4.71. The third-order valence-corrected chi connectivity index (χ3v) is 5.68. The topological polar surface area (TPSA) is 90.1 Å². The summed E-state index contributed by atoms with van der Waals surface area (Å²) in [4.78, 5) is 29.2. The molecule has 2 heterocycles. The zero-order valence-corrected chi connectivity index (χ0v) is 16.9. The summed E-state index contributed by atoms with van der Waals surface area (Å²) in [5, 5.41) is 8.94. The van der Waals surface area contributed by atoms with Crippen molar-refractivity contribution in [2.75, 3.05) is 13.7 Å². The van der Waals surface area contributed by atoms with Crippen molar-refractivity contribution in [3.05, 3.63) is 61.9 Å². The Morgan fingerprint density at radius 3 is 2.76 bits per heavy atom. The molecule has 29 heavy (non-hydrogen) atoms. The molecular weight excluding hydrogens is 392 g/mol. The summed E-state index contributed by atoms with van der Waals surface area (Å²) in [6, 6.07) is 9.12.